The first-order valence-electron chi connectivity index (χ1n) is 8.01. The molecule has 3 heterocycles. The third-order valence-electron chi connectivity index (χ3n) is 4.21. The normalized spacial score (nSPS) is 17.9. The fourth-order valence-electron chi connectivity index (χ4n) is 3.15. The minimum absolute atomic E-state index is 0.0954. The number of carbonyl (C=O) groups is 2. The fourth-order valence-corrected chi connectivity index (χ4v) is 3.77. The van der Waals surface area contributed by atoms with Gasteiger partial charge >= 0.3 is 0 Å². The maximum Gasteiger partial charge on any atom is 0.237 e. The number of carbonyl (C=O) groups excluding carboxylic acids is 2. The minimum Gasteiger partial charge on any atom is -0.368 e. The maximum absolute atomic E-state index is 12.5. The molecule has 3 rings (SSSR count). The van der Waals surface area contributed by atoms with E-state index in [0.29, 0.717) is 13.0 Å². The Morgan fingerprint density at radius 1 is 1.46 bits per heavy atom. The van der Waals surface area contributed by atoms with Gasteiger partial charge in [0.05, 0.1) is 17.1 Å². The molecule has 24 heavy (non-hydrogen) atoms. The van der Waals surface area contributed by atoms with Crippen molar-refractivity contribution in [3.63, 3.8) is 0 Å². The van der Waals surface area contributed by atoms with Crippen molar-refractivity contribution >= 4 is 23.2 Å². The molecule has 7 nitrogen and oxygen atoms in total. The van der Waals surface area contributed by atoms with E-state index in [1.54, 1.807) is 28.3 Å². The second-order valence-corrected chi connectivity index (χ2v) is 7.16. The summed E-state index contributed by atoms with van der Waals surface area (Å²) in [5.74, 6) is 0.667. The number of thiazole rings is 1. The zero-order valence-electron chi connectivity index (χ0n) is 13.6. The summed E-state index contributed by atoms with van der Waals surface area (Å²) in [5.41, 5.74) is 6.12. The van der Waals surface area contributed by atoms with Crippen molar-refractivity contribution < 1.29 is 9.59 Å². The van der Waals surface area contributed by atoms with E-state index >= 15 is 0 Å². The van der Waals surface area contributed by atoms with E-state index in [2.05, 4.69) is 9.97 Å². The number of aromatic nitrogens is 3. The smallest absolute Gasteiger partial charge is 0.237 e. The van der Waals surface area contributed by atoms with Crippen LogP contribution in [0.1, 0.15) is 35.3 Å². The maximum atomic E-state index is 12.5. The van der Waals surface area contributed by atoms with Crippen LogP contribution in [0.15, 0.2) is 17.8 Å². The van der Waals surface area contributed by atoms with Crippen molar-refractivity contribution in [2.24, 2.45) is 5.73 Å². The molecule has 0 bridgehead atoms. The van der Waals surface area contributed by atoms with Gasteiger partial charge in [0.15, 0.2) is 0 Å². The van der Waals surface area contributed by atoms with Crippen molar-refractivity contribution in [3.05, 3.63) is 34.3 Å². The fraction of sp³-hybridized carbons (Fsp3) is 0.500. The van der Waals surface area contributed by atoms with E-state index in [4.69, 9.17) is 5.73 Å². The molecule has 1 saturated heterocycles. The zero-order chi connectivity index (χ0) is 17.1. The molecule has 8 heteroatoms. The molecule has 2 aromatic rings. The average Bonchev–Trinajstić information content (AvgIpc) is 3.16. The predicted molar refractivity (Wildman–Crippen MR) is 90.5 cm³/mol. The lowest BCUT2D eigenvalue weighted by Crippen LogP contribution is -2.40. The van der Waals surface area contributed by atoms with Gasteiger partial charge in [0.25, 0.3) is 0 Å². The first-order chi connectivity index (χ1) is 11.5. The zero-order valence-corrected chi connectivity index (χ0v) is 14.5. The van der Waals surface area contributed by atoms with Gasteiger partial charge in [-0.3, -0.25) is 9.59 Å². The first-order valence-corrected chi connectivity index (χ1v) is 8.89. The van der Waals surface area contributed by atoms with Crippen molar-refractivity contribution in [3.8, 4) is 0 Å². The Kier molecular flexibility index (Phi) is 4.94. The molecular formula is C16H21N5O2S. The third kappa shape index (κ3) is 3.81. The predicted octanol–water partition coefficient (Wildman–Crippen LogP) is 1.08. The van der Waals surface area contributed by atoms with Crippen LogP contribution in [-0.4, -0.2) is 44.3 Å². The van der Waals surface area contributed by atoms with Crippen molar-refractivity contribution in [1.29, 1.82) is 0 Å². The molecule has 2 amide bonds. The van der Waals surface area contributed by atoms with Crippen molar-refractivity contribution in [1.82, 2.24) is 19.4 Å². The van der Waals surface area contributed by atoms with E-state index in [1.165, 1.54) is 0 Å². The molecule has 2 aromatic heterocycles. The Labute approximate surface area is 144 Å². The number of imidazole rings is 1. The van der Waals surface area contributed by atoms with Gasteiger partial charge in [0.2, 0.25) is 11.8 Å². The van der Waals surface area contributed by atoms with Crippen LogP contribution in [0.5, 0.6) is 0 Å². The Hall–Kier alpha value is -2.22. The molecule has 0 saturated carbocycles. The van der Waals surface area contributed by atoms with Gasteiger partial charge < -0.3 is 15.2 Å². The number of primary amides is 1. The van der Waals surface area contributed by atoms with Crippen LogP contribution in [0.2, 0.25) is 0 Å². The number of aryl methyl sites for hydroxylation is 1. The summed E-state index contributed by atoms with van der Waals surface area (Å²) in [4.78, 5) is 34.4. The molecule has 0 aliphatic carbocycles. The number of nitrogens with zero attached hydrogens (tertiary/aromatic N) is 4. The molecule has 0 radical (unpaired) electrons. The standard InChI is InChI=1S/C16H21N5O2S/c1-11-19-13(10-24-11)7-15(23)20-5-2-3-12(8-20)16-18-4-6-21(16)9-14(17)22/h4,6,10,12H,2-3,5,7-9H2,1H3,(H2,17,22). The highest BCUT2D eigenvalue weighted by Crippen LogP contribution is 2.26. The lowest BCUT2D eigenvalue weighted by molar-refractivity contribution is -0.131. The van der Waals surface area contributed by atoms with Crippen LogP contribution in [0.4, 0.5) is 0 Å². The highest BCUT2D eigenvalue weighted by atomic mass is 32.1. The molecular weight excluding hydrogens is 326 g/mol. The lowest BCUT2D eigenvalue weighted by atomic mass is 9.96. The first kappa shape index (κ1) is 16.6. The van der Waals surface area contributed by atoms with Crippen LogP contribution in [0.25, 0.3) is 0 Å². The summed E-state index contributed by atoms with van der Waals surface area (Å²) < 4.78 is 1.78. The SMILES string of the molecule is Cc1nc(CC(=O)N2CCCC(c3nccn3CC(N)=O)C2)cs1. The Morgan fingerprint density at radius 2 is 2.29 bits per heavy atom. The number of amides is 2. The number of hydrogen-bond donors (Lipinski definition) is 1. The summed E-state index contributed by atoms with van der Waals surface area (Å²) in [5, 5.41) is 2.91. The summed E-state index contributed by atoms with van der Waals surface area (Å²) in [6, 6.07) is 0. The van der Waals surface area contributed by atoms with Crippen LogP contribution in [0, 0.1) is 6.92 Å². The van der Waals surface area contributed by atoms with Gasteiger partial charge in [-0.25, -0.2) is 9.97 Å². The van der Waals surface area contributed by atoms with E-state index in [0.717, 1.165) is 35.9 Å². The van der Waals surface area contributed by atoms with Crippen LogP contribution >= 0.6 is 11.3 Å². The third-order valence-corrected chi connectivity index (χ3v) is 5.03. The summed E-state index contributed by atoms with van der Waals surface area (Å²) >= 11 is 1.56. The molecule has 1 atom stereocenters. The molecule has 1 aliphatic heterocycles. The number of nitrogens with two attached hydrogens (primary N) is 1. The number of rotatable bonds is 5. The molecule has 1 fully saturated rings. The molecule has 1 unspecified atom stereocenters. The van der Waals surface area contributed by atoms with E-state index < -0.39 is 5.91 Å². The molecule has 0 aromatic carbocycles. The van der Waals surface area contributed by atoms with Gasteiger partial charge in [0, 0.05) is 36.8 Å². The van der Waals surface area contributed by atoms with Gasteiger partial charge in [-0.05, 0) is 19.8 Å². The molecule has 0 spiro atoms. The molecule has 128 valence electrons. The van der Waals surface area contributed by atoms with Crippen molar-refractivity contribution in [2.75, 3.05) is 13.1 Å². The number of piperidine rings is 1. The monoisotopic (exact) mass is 347 g/mol. The van der Waals surface area contributed by atoms with Gasteiger partial charge in [-0.2, -0.15) is 0 Å². The molecule has 2 N–H and O–H groups in total. The lowest BCUT2D eigenvalue weighted by Gasteiger charge is -2.32. The minimum atomic E-state index is -0.392. The highest BCUT2D eigenvalue weighted by Gasteiger charge is 2.27. The number of hydrogen-bond acceptors (Lipinski definition) is 5. The van der Waals surface area contributed by atoms with E-state index in [-0.39, 0.29) is 18.4 Å². The number of likely N-dealkylation sites (tertiary alicyclic amines) is 1. The van der Waals surface area contributed by atoms with Crippen molar-refractivity contribution in [2.45, 2.75) is 38.6 Å². The summed E-state index contributed by atoms with van der Waals surface area (Å²) in [7, 11) is 0. The Balaban J connectivity index is 1.67. The second-order valence-electron chi connectivity index (χ2n) is 6.09. The summed E-state index contributed by atoms with van der Waals surface area (Å²) in [6.45, 7) is 3.44. The van der Waals surface area contributed by atoms with Crippen LogP contribution in [0.3, 0.4) is 0 Å². The Bertz CT molecular complexity index is 738. The van der Waals surface area contributed by atoms with Crippen LogP contribution in [-0.2, 0) is 22.6 Å². The summed E-state index contributed by atoms with van der Waals surface area (Å²) in [6.07, 6.45) is 5.66. The van der Waals surface area contributed by atoms with Gasteiger partial charge in [0.1, 0.15) is 12.4 Å². The van der Waals surface area contributed by atoms with Crippen LogP contribution < -0.4 is 5.73 Å². The van der Waals surface area contributed by atoms with Gasteiger partial charge in [-0.15, -0.1) is 11.3 Å². The highest BCUT2D eigenvalue weighted by molar-refractivity contribution is 7.09. The van der Waals surface area contributed by atoms with E-state index in [1.807, 2.05) is 17.2 Å². The Morgan fingerprint density at radius 3 is 3.00 bits per heavy atom. The second kappa shape index (κ2) is 7.12. The topological polar surface area (TPSA) is 94.1 Å². The average molecular weight is 347 g/mol. The largest absolute Gasteiger partial charge is 0.368 e. The quantitative estimate of drug-likeness (QED) is 0.876. The molecule has 1 aliphatic rings. The van der Waals surface area contributed by atoms with Gasteiger partial charge in [-0.1, -0.05) is 0 Å². The van der Waals surface area contributed by atoms with E-state index in [9.17, 15) is 9.59 Å².